The molecule has 0 aliphatic rings. The van der Waals surface area contributed by atoms with Crippen LogP contribution in [0, 0.1) is 0 Å². The Morgan fingerprint density at radius 3 is 2.00 bits per heavy atom. The zero-order chi connectivity index (χ0) is 13.2. The van der Waals surface area contributed by atoms with Crippen LogP contribution >= 0.6 is 0 Å². The van der Waals surface area contributed by atoms with Gasteiger partial charge < -0.3 is 0 Å². The van der Waals surface area contributed by atoms with Gasteiger partial charge in [-0.05, 0) is 0 Å². The van der Waals surface area contributed by atoms with Gasteiger partial charge in [0.25, 0.3) is 0 Å². The summed E-state index contributed by atoms with van der Waals surface area (Å²) < 4.78 is 1.42. The SMILES string of the molecule is C[C](C)=[Ti+2].c1cc[cH-]c1.c1ccc2[cH-]ccc2c1. The van der Waals surface area contributed by atoms with Crippen molar-refractivity contribution in [3.63, 3.8) is 0 Å². The Balaban J connectivity index is 0.000000154. The number of benzene rings is 1. The van der Waals surface area contributed by atoms with Crippen LogP contribution in [0.2, 0.25) is 0 Å². The summed E-state index contributed by atoms with van der Waals surface area (Å²) >= 11 is 2.08. The summed E-state index contributed by atoms with van der Waals surface area (Å²) in [6, 6.07) is 24.7. The van der Waals surface area contributed by atoms with Gasteiger partial charge in [-0.2, -0.15) is 35.7 Å². The van der Waals surface area contributed by atoms with Crippen LogP contribution in [-0.4, -0.2) is 3.81 Å². The van der Waals surface area contributed by atoms with Gasteiger partial charge >= 0.3 is 37.6 Å². The first-order chi connectivity index (χ1) is 8.70. The van der Waals surface area contributed by atoms with Gasteiger partial charge in [0.15, 0.2) is 0 Å². The molecule has 0 fully saturated rings. The summed E-state index contributed by atoms with van der Waals surface area (Å²) in [6.45, 7) is 4.17. The fraction of sp³-hybridized carbons (Fsp3) is 0.118. The summed E-state index contributed by atoms with van der Waals surface area (Å²) in [5.74, 6) is 0. The second-order valence-electron chi connectivity index (χ2n) is 4.12. The van der Waals surface area contributed by atoms with Gasteiger partial charge in [-0.25, -0.2) is 12.1 Å². The minimum absolute atomic E-state index is 1.33. The smallest absolute Gasteiger partial charge is 0.0809 e. The van der Waals surface area contributed by atoms with Gasteiger partial charge in [-0.3, -0.25) is 0 Å². The summed E-state index contributed by atoms with van der Waals surface area (Å²) in [6.07, 6.45) is 0. The van der Waals surface area contributed by atoms with Crippen molar-refractivity contribution < 1.29 is 20.0 Å². The van der Waals surface area contributed by atoms with Crippen molar-refractivity contribution in [1.82, 2.24) is 0 Å². The Morgan fingerprint density at radius 2 is 1.50 bits per heavy atom. The molecule has 0 unspecified atom stereocenters. The second kappa shape index (κ2) is 8.80. The van der Waals surface area contributed by atoms with E-state index in [1.807, 2.05) is 30.3 Å². The molecular weight excluding hydrogens is 252 g/mol. The molecule has 0 N–H and O–H groups in total. The molecule has 3 aromatic carbocycles. The first-order valence-corrected chi connectivity index (χ1v) is 6.77. The summed E-state index contributed by atoms with van der Waals surface area (Å²) in [4.78, 5) is 0. The van der Waals surface area contributed by atoms with Crippen LogP contribution in [0.25, 0.3) is 10.8 Å². The molecule has 0 radical (unpaired) electrons. The van der Waals surface area contributed by atoms with E-state index in [1.165, 1.54) is 14.6 Å². The molecule has 0 bridgehead atoms. The third kappa shape index (κ3) is 6.49. The van der Waals surface area contributed by atoms with Crippen molar-refractivity contribution in [2.24, 2.45) is 0 Å². The molecule has 0 aliphatic carbocycles. The van der Waals surface area contributed by atoms with Crippen molar-refractivity contribution in [1.29, 1.82) is 0 Å². The topological polar surface area (TPSA) is 0 Å². The van der Waals surface area contributed by atoms with Crippen LogP contribution in [0.15, 0.2) is 72.8 Å². The van der Waals surface area contributed by atoms with E-state index in [2.05, 4.69) is 76.3 Å². The van der Waals surface area contributed by atoms with E-state index < -0.39 is 0 Å². The van der Waals surface area contributed by atoms with Gasteiger partial charge in [0.2, 0.25) is 0 Å². The predicted octanol–water partition coefficient (Wildman–Crippen LogP) is 4.71. The third-order valence-electron chi connectivity index (χ3n) is 2.10. The van der Waals surface area contributed by atoms with Crippen LogP contribution in [0.5, 0.6) is 0 Å². The number of hydrogen-bond acceptors (Lipinski definition) is 0. The molecule has 0 saturated carbocycles. The number of hydrogen-bond donors (Lipinski definition) is 0. The normalized spacial score (nSPS) is 8.89. The van der Waals surface area contributed by atoms with Gasteiger partial charge in [-0.1, -0.05) is 6.07 Å². The largest absolute Gasteiger partial charge is 0.214 e. The number of fused-ring (bicyclic) bond motifs is 1. The molecule has 3 rings (SSSR count). The van der Waals surface area contributed by atoms with Crippen molar-refractivity contribution in [3.05, 3.63) is 72.8 Å². The van der Waals surface area contributed by atoms with Crippen LogP contribution in [-0.2, 0) is 20.0 Å². The van der Waals surface area contributed by atoms with E-state index in [-0.39, 0.29) is 0 Å². The molecule has 90 valence electrons. The zero-order valence-electron chi connectivity index (χ0n) is 10.9. The minimum atomic E-state index is 1.33. The molecule has 0 atom stereocenters. The third-order valence-corrected chi connectivity index (χ3v) is 2.10. The molecule has 0 nitrogen and oxygen atoms in total. The average molecular weight is 270 g/mol. The zero-order valence-corrected chi connectivity index (χ0v) is 12.5. The fourth-order valence-electron chi connectivity index (χ4n) is 1.39. The molecule has 3 aromatic rings. The summed E-state index contributed by atoms with van der Waals surface area (Å²) in [5, 5.41) is 2.66. The van der Waals surface area contributed by atoms with Crippen molar-refractivity contribution in [2.45, 2.75) is 13.8 Å². The average Bonchev–Trinajstić information content (AvgIpc) is 3.03. The second-order valence-corrected chi connectivity index (χ2v) is 5.68. The molecule has 1 heteroatoms. The van der Waals surface area contributed by atoms with E-state index in [0.717, 1.165) is 0 Å². The Kier molecular flexibility index (Phi) is 7.24. The van der Waals surface area contributed by atoms with Gasteiger partial charge in [0, 0.05) is 0 Å². The van der Waals surface area contributed by atoms with E-state index in [0.29, 0.717) is 0 Å². The molecular formula is C17H18Ti. The maximum Gasteiger partial charge on any atom is -0.0809 e. The molecule has 18 heavy (non-hydrogen) atoms. The van der Waals surface area contributed by atoms with Crippen LogP contribution in [0.4, 0.5) is 0 Å². The summed E-state index contributed by atoms with van der Waals surface area (Å²) in [5.41, 5.74) is 0. The Hall–Kier alpha value is -1.24. The fourth-order valence-corrected chi connectivity index (χ4v) is 1.39. The van der Waals surface area contributed by atoms with Gasteiger partial charge in [-0.15, -0.1) is 29.7 Å². The molecule has 0 aliphatic heterocycles. The standard InChI is InChI=1S/C9H7.C5H5.C3H6.Ti/c1-2-5-9-7-3-6-8(9)4-1;1-2-4-5-3-1;1-3-2;/h1-7H;1-5H;1-2H3;/q2*-1;;+2. The summed E-state index contributed by atoms with van der Waals surface area (Å²) in [7, 11) is 0. The quantitative estimate of drug-likeness (QED) is 0.410. The Bertz CT molecular complexity index is 492. The van der Waals surface area contributed by atoms with E-state index in [4.69, 9.17) is 0 Å². The predicted molar refractivity (Wildman–Crippen MR) is 77.9 cm³/mol. The van der Waals surface area contributed by atoms with Crippen LogP contribution in [0.3, 0.4) is 0 Å². The molecule has 0 heterocycles. The first-order valence-electron chi connectivity index (χ1n) is 5.99. The monoisotopic (exact) mass is 270 g/mol. The van der Waals surface area contributed by atoms with E-state index in [9.17, 15) is 0 Å². The van der Waals surface area contributed by atoms with Crippen molar-refractivity contribution in [2.75, 3.05) is 0 Å². The van der Waals surface area contributed by atoms with Crippen molar-refractivity contribution in [3.8, 4) is 0 Å². The minimum Gasteiger partial charge on any atom is -0.214 e. The molecule has 0 aromatic heterocycles. The molecule has 0 amide bonds. The van der Waals surface area contributed by atoms with E-state index >= 15 is 0 Å². The van der Waals surface area contributed by atoms with Crippen LogP contribution < -0.4 is 0 Å². The number of rotatable bonds is 0. The Morgan fingerprint density at radius 1 is 0.889 bits per heavy atom. The van der Waals surface area contributed by atoms with E-state index in [1.54, 1.807) is 0 Å². The molecule has 0 saturated heterocycles. The first kappa shape index (κ1) is 14.8. The maximum absolute atomic E-state index is 2.12. The maximum atomic E-state index is 2.12. The Labute approximate surface area is 121 Å². The van der Waals surface area contributed by atoms with Gasteiger partial charge in [0.1, 0.15) is 0 Å². The van der Waals surface area contributed by atoms with Gasteiger partial charge in [0.05, 0.1) is 0 Å². The molecule has 0 spiro atoms. The van der Waals surface area contributed by atoms with Crippen molar-refractivity contribution >= 4 is 14.6 Å². The van der Waals surface area contributed by atoms with Crippen LogP contribution in [0.1, 0.15) is 13.8 Å².